The SMILES string of the molecule is CCC(C)(CN)OCC(F)(F)c1ccccc1. The molecule has 0 aromatic heterocycles. The average Bonchev–Trinajstić information content (AvgIpc) is 2.37. The number of hydrogen-bond donors (Lipinski definition) is 1. The van der Waals surface area contributed by atoms with E-state index in [1.54, 1.807) is 25.1 Å². The molecular weight excluding hydrogens is 224 g/mol. The third-order valence-corrected chi connectivity index (χ3v) is 2.98. The van der Waals surface area contributed by atoms with Crippen molar-refractivity contribution in [3.8, 4) is 0 Å². The average molecular weight is 243 g/mol. The Morgan fingerprint density at radius 2 is 1.82 bits per heavy atom. The minimum absolute atomic E-state index is 0.0320. The molecule has 96 valence electrons. The number of nitrogens with two attached hydrogens (primary N) is 1. The van der Waals surface area contributed by atoms with Gasteiger partial charge in [0.05, 0.1) is 5.60 Å². The summed E-state index contributed by atoms with van der Waals surface area (Å²) in [7, 11) is 0. The standard InChI is InChI=1S/C13H19F2NO/c1-3-12(2,9-16)17-10-13(14,15)11-7-5-4-6-8-11/h4-8H,3,9-10,16H2,1-2H3. The van der Waals surface area contributed by atoms with Gasteiger partial charge in [0.25, 0.3) is 5.92 Å². The lowest BCUT2D eigenvalue weighted by Gasteiger charge is -2.29. The molecule has 0 saturated heterocycles. The van der Waals surface area contributed by atoms with Crippen molar-refractivity contribution in [2.24, 2.45) is 5.73 Å². The highest BCUT2D eigenvalue weighted by Gasteiger charge is 2.35. The molecule has 2 N–H and O–H groups in total. The zero-order chi connectivity index (χ0) is 12.9. The molecule has 0 spiro atoms. The zero-order valence-electron chi connectivity index (χ0n) is 10.2. The summed E-state index contributed by atoms with van der Waals surface area (Å²) in [5, 5.41) is 0. The van der Waals surface area contributed by atoms with E-state index in [2.05, 4.69) is 0 Å². The Kier molecular flexibility index (Phi) is 4.60. The fourth-order valence-corrected chi connectivity index (χ4v) is 1.34. The molecule has 0 aliphatic carbocycles. The van der Waals surface area contributed by atoms with Gasteiger partial charge in [-0.1, -0.05) is 37.3 Å². The fourth-order valence-electron chi connectivity index (χ4n) is 1.34. The van der Waals surface area contributed by atoms with Crippen LogP contribution in [0.4, 0.5) is 8.78 Å². The van der Waals surface area contributed by atoms with Crippen LogP contribution in [0, 0.1) is 0 Å². The van der Waals surface area contributed by atoms with Crippen molar-refractivity contribution in [1.82, 2.24) is 0 Å². The molecule has 0 fully saturated rings. The van der Waals surface area contributed by atoms with Gasteiger partial charge < -0.3 is 10.5 Å². The Balaban J connectivity index is 2.68. The lowest BCUT2D eigenvalue weighted by atomic mass is 10.0. The Morgan fingerprint density at radius 3 is 2.29 bits per heavy atom. The van der Waals surface area contributed by atoms with Crippen LogP contribution >= 0.6 is 0 Å². The van der Waals surface area contributed by atoms with Gasteiger partial charge in [0.15, 0.2) is 0 Å². The van der Waals surface area contributed by atoms with Crippen LogP contribution in [0.3, 0.4) is 0 Å². The first-order valence-corrected chi connectivity index (χ1v) is 5.71. The molecule has 0 bridgehead atoms. The van der Waals surface area contributed by atoms with Gasteiger partial charge in [0.1, 0.15) is 6.61 Å². The van der Waals surface area contributed by atoms with E-state index in [9.17, 15) is 8.78 Å². The summed E-state index contributed by atoms with van der Waals surface area (Å²) in [6.07, 6.45) is 0.606. The molecule has 0 heterocycles. The van der Waals surface area contributed by atoms with E-state index < -0.39 is 18.1 Å². The van der Waals surface area contributed by atoms with E-state index in [1.165, 1.54) is 12.1 Å². The topological polar surface area (TPSA) is 35.2 Å². The Bertz CT molecular complexity index is 337. The van der Waals surface area contributed by atoms with Crippen LogP contribution in [0.2, 0.25) is 0 Å². The summed E-state index contributed by atoms with van der Waals surface area (Å²) in [5.74, 6) is -2.98. The third kappa shape index (κ3) is 3.75. The van der Waals surface area contributed by atoms with Gasteiger partial charge in [-0.05, 0) is 13.3 Å². The lowest BCUT2D eigenvalue weighted by Crippen LogP contribution is -2.40. The van der Waals surface area contributed by atoms with E-state index in [0.29, 0.717) is 6.42 Å². The van der Waals surface area contributed by atoms with E-state index in [4.69, 9.17) is 10.5 Å². The largest absolute Gasteiger partial charge is 0.367 e. The summed E-state index contributed by atoms with van der Waals surface area (Å²) in [6.45, 7) is 3.20. The molecule has 0 aliphatic rings. The van der Waals surface area contributed by atoms with Gasteiger partial charge in [-0.2, -0.15) is 8.78 Å². The van der Waals surface area contributed by atoms with E-state index >= 15 is 0 Å². The van der Waals surface area contributed by atoms with Crippen molar-refractivity contribution in [3.05, 3.63) is 35.9 Å². The van der Waals surface area contributed by atoms with Crippen LogP contribution in [-0.4, -0.2) is 18.8 Å². The Hall–Kier alpha value is -1.00. The van der Waals surface area contributed by atoms with Crippen LogP contribution in [-0.2, 0) is 10.7 Å². The molecule has 0 aliphatic heterocycles. The quantitative estimate of drug-likeness (QED) is 0.833. The van der Waals surface area contributed by atoms with Crippen molar-refractivity contribution >= 4 is 0 Å². The number of rotatable bonds is 6. The van der Waals surface area contributed by atoms with Gasteiger partial charge in [0, 0.05) is 12.1 Å². The van der Waals surface area contributed by atoms with Crippen molar-refractivity contribution in [2.45, 2.75) is 31.8 Å². The van der Waals surface area contributed by atoms with Gasteiger partial charge in [-0.3, -0.25) is 0 Å². The molecule has 17 heavy (non-hydrogen) atoms. The number of benzene rings is 1. The fraction of sp³-hybridized carbons (Fsp3) is 0.538. The highest BCUT2D eigenvalue weighted by molar-refractivity contribution is 5.19. The predicted octanol–water partition coefficient (Wildman–Crippen LogP) is 2.92. The first-order valence-electron chi connectivity index (χ1n) is 5.71. The molecule has 0 saturated carbocycles. The van der Waals surface area contributed by atoms with Gasteiger partial charge in [-0.25, -0.2) is 0 Å². The highest BCUT2D eigenvalue weighted by atomic mass is 19.3. The number of hydrogen-bond acceptors (Lipinski definition) is 2. The van der Waals surface area contributed by atoms with Crippen LogP contribution in [0.15, 0.2) is 30.3 Å². The van der Waals surface area contributed by atoms with Crippen molar-refractivity contribution in [1.29, 1.82) is 0 Å². The molecule has 0 radical (unpaired) electrons. The second-order valence-electron chi connectivity index (χ2n) is 4.37. The number of ether oxygens (including phenoxy) is 1. The predicted molar refractivity (Wildman–Crippen MR) is 64.0 cm³/mol. The minimum atomic E-state index is -2.98. The van der Waals surface area contributed by atoms with Crippen molar-refractivity contribution < 1.29 is 13.5 Å². The Morgan fingerprint density at radius 1 is 1.24 bits per heavy atom. The maximum absolute atomic E-state index is 13.8. The van der Waals surface area contributed by atoms with Gasteiger partial charge in [-0.15, -0.1) is 0 Å². The van der Waals surface area contributed by atoms with Crippen LogP contribution in [0.25, 0.3) is 0 Å². The lowest BCUT2D eigenvalue weighted by molar-refractivity contribution is -0.135. The summed E-state index contributed by atoms with van der Waals surface area (Å²) in [6, 6.07) is 7.68. The van der Waals surface area contributed by atoms with Crippen molar-refractivity contribution in [3.63, 3.8) is 0 Å². The van der Waals surface area contributed by atoms with Crippen LogP contribution < -0.4 is 5.73 Å². The summed E-state index contributed by atoms with van der Waals surface area (Å²) in [5.41, 5.74) is 4.80. The molecule has 1 aromatic rings. The summed E-state index contributed by atoms with van der Waals surface area (Å²) < 4.78 is 32.9. The molecule has 4 heteroatoms. The third-order valence-electron chi connectivity index (χ3n) is 2.98. The first-order chi connectivity index (χ1) is 7.93. The number of halogens is 2. The van der Waals surface area contributed by atoms with Crippen LogP contribution in [0.1, 0.15) is 25.8 Å². The van der Waals surface area contributed by atoms with Gasteiger partial charge in [0.2, 0.25) is 0 Å². The van der Waals surface area contributed by atoms with Crippen molar-refractivity contribution in [2.75, 3.05) is 13.2 Å². The van der Waals surface area contributed by atoms with Crippen LogP contribution in [0.5, 0.6) is 0 Å². The maximum Gasteiger partial charge on any atom is 0.296 e. The van der Waals surface area contributed by atoms with E-state index in [1.807, 2.05) is 6.92 Å². The second kappa shape index (κ2) is 5.56. The smallest absolute Gasteiger partial charge is 0.296 e. The van der Waals surface area contributed by atoms with Gasteiger partial charge >= 0.3 is 0 Å². The monoisotopic (exact) mass is 243 g/mol. The maximum atomic E-state index is 13.8. The van der Waals surface area contributed by atoms with E-state index in [-0.39, 0.29) is 12.1 Å². The Labute approximate surface area is 101 Å². The zero-order valence-corrected chi connectivity index (χ0v) is 10.2. The highest BCUT2D eigenvalue weighted by Crippen LogP contribution is 2.30. The molecule has 1 rings (SSSR count). The molecule has 1 aromatic carbocycles. The summed E-state index contributed by atoms with van der Waals surface area (Å²) in [4.78, 5) is 0. The molecular formula is C13H19F2NO. The minimum Gasteiger partial charge on any atom is -0.367 e. The molecule has 1 atom stereocenters. The second-order valence-corrected chi connectivity index (χ2v) is 4.37. The molecule has 1 unspecified atom stereocenters. The van der Waals surface area contributed by atoms with E-state index in [0.717, 1.165) is 0 Å². The molecule has 2 nitrogen and oxygen atoms in total. The first kappa shape index (κ1) is 14.1. The normalized spacial score (nSPS) is 15.6. The summed E-state index contributed by atoms with van der Waals surface area (Å²) >= 11 is 0. The number of alkyl halides is 2. The molecule has 0 amide bonds.